The Morgan fingerprint density at radius 3 is 1.29 bits per heavy atom. The van der Waals surface area contributed by atoms with E-state index in [2.05, 4.69) is 10.6 Å². The van der Waals surface area contributed by atoms with Crippen LogP contribution in [0.2, 0.25) is 0 Å². The van der Waals surface area contributed by atoms with Crippen molar-refractivity contribution in [3.63, 3.8) is 0 Å². The molecule has 1 aliphatic carbocycles. The van der Waals surface area contributed by atoms with Crippen LogP contribution in [-0.4, -0.2) is 52.3 Å². The van der Waals surface area contributed by atoms with E-state index in [4.69, 9.17) is 18.9 Å². The third kappa shape index (κ3) is 7.86. The van der Waals surface area contributed by atoms with Crippen LogP contribution in [0.3, 0.4) is 0 Å². The molecule has 0 saturated heterocycles. The van der Waals surface area contributed by atoms with Crippen molar-refractivity contribution < 1.29 is 28.5 Å². The number of ether oxygens (including phenoxy) is 4. The normalized spacial score (nSPS) is 17.4. The molecular formula is C26H34N2O6. The first-order chi connectivity index (χ1) is 16.6. The molecule has 2 amide bonds. The van der Waals surface area contributed by atoms with E-state index in [1.165, 1.54) is 0 Å². The smallest absolute Gasteiger partial charge is 0.223 e. The van der Waals surface area contributed by atoms with E-state index >= 15 is 0 Å². The molecule has 184 valence electrons. The minimum atomic E-state index is -0.0524. The van der Waals surface area contributed by atoms with E-state index < -0.39 is 0 Å². The van der Waals surface area contributed by atoms with Crippen LogP contribution < -0.4 is 29.6 Å². The van der Waals surface area contributed by atoms with Gasteiger partial charge >= 0.3 is 0 Å². The lowest BCUT2D eigenvalue weighted by Gasteiger charge is -2.27. The number of nitrogens with one attached hydrogen (secondary N) is 2. The van der Waals surface area contributed by atoms with Crippen LogP contribution in [0, 0.1) is 11.8 Å². The lowest BCUT2D eigenvalue weighted by molar-refractivity contribution is -0.130. The van der Waals surface area contributed by atoms with Gasteiger partial charge in [-0.1, -0.05) is 0 Å². The standard InChI is InChI=1S/C26H34N2O6/c1-31-21-7-11-23(12-8-21)33-17-15-27-25(29)19-3-5-20(6-4-19)26(30)28-16-18-34-24-13-9-22(32-2)10-14-24/h7-14,19-20H,3-6,15-18H2,1-2H3,(H,27,29)(H,28,30). The number of benzene rings is 2. The van der Waals surface area contributed by atoms with Crippen LogP contribution in [0.1, 0.15) is 25.7 Å². The summed E-state index contributed by atoms with van der Waals surface area (Å²) in [5.74, 6) is 2.97. The average Bonchev–Trinajstić information content (AvgIpc) is 2.89. The third-order valence-electron chi connectivity index (χ3n) is 5.93. The molecule has 0 unspecified atom stereocenters. The zero-order valence-electron chi connectivity index (χ0n) is 19.9. The van der Waals surface area contributed by atoms with Gasteiger partial charge in [-0.3, -0.25) is 9.59 Å². The minimum Gasteiger partial charge on any atom is -0.497 e. The summed E-state index contributed by atoms with van der Waals surface area (Å²) < 4.78 is 21.5. The zero-order chi connectivity index (χ0) is 24.2. The SMILES string of the molecule is COc1ccc(OCCNC(=O)C2CCC(C(=O)NCCOc3ccc(OC)cc3)CC2)cc1. The average molecular weight is 471 g/mol. The number of methoxy groups -OCH3 is 2. The molecule has 8 nitrogen and oxygen atoms in total. The Kier molecular flexibility index (Phi) is 9.88. The maximum atomic E-state index is 12.4. The Hall–Kier alpha value is -3.42. The quantitative estimate of drug-likeness (QED) is 0.463. The van der Waals surface area contributed by atoms with Gasteiger partial charge in [-0.2, -0.15) is 0 Å². The van der Waals surface area contributed by atoms with Gasteiger partial charge < -0.3 is 29.6 Å². The lowest BCUT2D eigenvalue weighted by Crippen LogP contribution is -2.39. The Bertz CT molecular complexity index is 817. The van der Waals surface area contributed by atoms with Crippen molar-refractivity contribution in [3.8, 4) is 23.0 Å². The van der Waals surface area contributed by atoms with Crippen molar-refractivity contribution in [1.82, 2.24) is 10.6 Å². The summed E-state index contributed by atoms with van der Waals surface area (Å²) in [5, 5.41) is 5.88. The van der Waals surface area contributed by atoms with Crippen LogP contribution in [0.4, 0.5) is 0 Å². The van der Waals surface area contributed by atoms with Crippen LogP contribution in [0.25, 0.3) is 0 Å². The Morgan fingerprint density at radius 2 is 0.971 bits per heavy atom. The summed E-state index contributed by atoms with van der Waals surface area (Å²) in [6.45, 7) is 1.68. The van der Waals surface area contributed by atoms with E-state index in [-0.39, 0.29) is 23.7 Å². The summed E-state index contributed by atoms with van der Waals surface area (Å²) in [6, 6.07) is 14.6. The molecule has 2 aromatic rings. The van der Waals surface area contributed by atoms with Gasteiger partial charge in [0.2, 0.25) is 11.8 Å². The van der Waals surface area contributed by atoms with Crippen molar-refractivity contribution in [2.75, 3.05) is 40.5 Å². The van der Waals surface area contributed by atoms with Crippen molar-refractivity contribution >= 4 is 11.8 Å². The number of hydrogen-bond acceptors (Lipinski definition) is 6. The largest absolute Gasteiger partial charge is 0.497 e. The van der Waals surface area contributed by atoms with E-state index in [1.807, 2.05) is 48.5 Å². The fraction of sp³-hybridized carbons (Fsp3) is 0.462. The van der Waals surface area contributed by atoms with Gasteiger partial charge in [0.15, 0.2) is 0 Å². The summed E-state index contributed by atoms with van der Waals surface area (Å²) in [6.07, 6.45) is 2.86. The van der Waals surface area contributed by atoms with Gasteiger partial charge in [0, 0.05) is 11.8 Å². The van der Waals surface area contributed by atoms with Crippen molar-refractivity contribution in [2.24, 2.45) is 11.8 Å². The maximum Gasteiger partial charge on any atom is 0.223 e. The molecule has 0 atom stereocenters. The molecule has 0 spiro atoms. The van der Waals surface area contributed by atoms with E-state index in [9.17, 15) is 9.59 Å². The maximum absolute atomic E-state index is 12.4. The number of amides is 2. The highest BCUT2D eigenvalue weighted by molar-refractivity contribution is 5.81. The number of carbonyl (C=O) groups excluding carboxylic acids is 2. The highest BCUT2D eigenvalue weighted by Gasteiger charge is 2.29. The van der Waals surface area contributed by atoms with E-state index in [0.29, 0.717) is 52.0 Å². The minimum absolute atomic E-state index is 0.0325. The van der Waals surface area contributed by atoms with Gasteiger partial charge in [0.05, 0.1) is 27.3 Å². The molecule has 0 radical (unpaired) electrons. The topological polar surface area (TPSA) is 95.1 Å². The first-order valence-electron chi connectivity index (χ1n) is 11.7. The third-order valence-corrected chi connectivity index (χ3v) is 5.93. The van der Waals surface area contributed by atoms with Gasteiger partial charge in [-0.15, -0.1) is 0 Å². The Morgan fingerprint density at radius 1 is 0.647 bits per heavy atom. The molecule has 2 N–H and O–H groups in total. The summed E-state index contributed by atoms with van der Waals surface area (Å²) in [5.41, 5.74) is 0. The number of rotatable bonds is 12. The first kappa shape index (κ1) is 25.2. The highest BCUT2D eigenvalue weighted by atomic mass is 16.5. The predicted octanol–water partition coefficient (Wildman–Crippen LogP) is 3.20. The first-order valence-corrected chi connectivity index (χ1v) is 11.7. The lowest BCUT2D eigenvalue weighted by atomic mass is 9.81. The summed E-state index contributed by atoms with van der Waals surface area (Å²) in [7, 11) is 3.23. The molecule has 0 aromatic heterocycles. The summed E-state index contributed by atoms with van der Waals surface area (Å²) >= 11 is 0. The fourth-order valence-corrected chi connectivity index (χ4v) is 3.94. The molecule has 0 aliphatic heterocycles. The molecule has 2 aromatic carbocycles. The summed E-state index contributed by atoms with van der Waals surface area (Å²) in [4.78, 5) is 24.9. The van der Waals surface area contributed by atoms with Gasteiger partial charge in [-0.25, -0.2) is 0 Å². The van der Waals surface area contributed by atoms with E-state index in [1.54, 1.807) is 14.2 Å². The molecule has 1 aliphatic rings. The van der Waals surface area contributed by atoms with Crippen molar-refractivity contribution in [2.45, 2.75) is 25.7 Å². The molecule has 0 heterocycles. The van der Waals surface area contributed by atoms with Crippen LogP contribution in [-0.2, 0) is 9.59 Å². The Labute approximate surface area is 200 Å². The molecule has 1 fully saturated rings. The van der Waals surface area contributed by atoms with Crippen LogP contribution in [0.5, 0.6) is 23.0 Å². The predicted molar refractivity (Wildman–Crippen MR) is 128 cm³/mol. The molecule has 3 rings (SSSR count). The molecule has 34 heavy (non-hydrogen) atoms. The van der Waals surface area contributed by atoms with E-state index in [0.717, 1.165) is 23.0 Å². The van der Waals surface area contributed by atoms with Crippen LogP contribution in [0.15, 0.2) is 48.5 Å². The number of carbonyl (C=O) groups is 2. The molecule has 8 heteroatoms. The highest BCUT2D eigenvalue weighted by Crippen LogP contribution is 2.29. The Balaban J connectivity index is 1.26. The second kappa shape index (κ2) is 13.3. The zero-order valence-corrected chi connectivity index (χ0v) is 19.9. The second-order valence-electron chi connectivity index (χ2n) is 8.18. The van der Waals surface area contributed by atoms with Crippen molar-refractivity contribution in [1.29, 1.82) is 0 Å². The van der Waals surface area contributed by atoms with Gasteiger partial charge in [0.25, 0.3) is 0 Å². The second-order valence-corrected chi connectivity index (χ2v) is 8.18. The fourth-order valence-electron chi connectivity index (χ4n) is 3.94. The molecule has 1 saturated carbocycles. The van der Waals surface area contributed by atoms with Gasteiger partial charge in [0.1, 0.15) is 36.2 Å². The monoisotopic (exact) mass is 470 g/mol. The molecule has 0 bridgehead atoms. The van der Waals surface area contributed by atoms with Gasteiger partial charge in [-0.05, 0) is 74.2 Å². The number of hydrogen-bond donors (Lipinski definition) is 2. The van der Waals surface area contributed by atoms with Crippen LogP contribution >= 0.6 is 0 Å². The van der Waals surface area contributed by atoms with Crippen molar-refractivity contribution in [3.05, 3.63) is 48.5 Å². The molecular weight excluding hydrogens is 436 g/mol.